The second-order valence-electron chi connectivity index (χ2n) is 7.38. The molecule has 0 fully saturated rings. The number of H-pyrrole nitrogens is 1. The second-order valence-corrected chi connectivity index (χ2v) is 7.38. The number of aryl methyl sites for hydroxylation is 1. The third-order valence-corrected chi connectivity index (χ3v) is 5.57. The molecule has 146 valence electrons. The molecule has 3 aromatic heterocycles. The zero-order valence-corrected chi connectivity index (χ0v) is 16.1. The minimum absolute atomic E-state index is 0.0958. The van der Waals surface area contributed by atoms with Crippen LogP contribution in [0.3, 0.4) is 0 Å². The fraction of sp³-hybridized carbons (Fsp3) is 0.227. The lowest BCUT2D eigenvalue weighted by atomic mass is 10.1. The molecular formula is C22H21N5O2. The molecule has 0 unspecified atom stereocenters. The number of aromatic amines is 1. The van der Waals surface area contributed by atoms with Crippen LogP contribution in [0, 0.1) is 6.92 Å². The van der Waals surface area contributed by atoms with Gasteiger partial charge in [0.15, 0.2) is 0 Å². The lowest BCUT2D eigenvalue weighted by Crippen LogP contribution is -2.45. The molecule has 5 rings (SSSR count). The van der Waals surface area contributed by atoms with Crippen LogP contribution in [-0.4, -0.2) is 43.0 Å². The third kappa shape index (κ3) is 2.95. The molecule has 7 nitrogen and oxygen atoms in total. The summed E-state index contributed by atoms with van der Waals surface area (Å²) < 4.78 is 3.29. The molecule has 0 radical (unpaired) electrons. The number of amides is 1. The Bertz CT molecular complexity index is 1280. The SMILES string of the molecule is Cc1cn(-c2ccc3n(c2=O)CCN(CCc2c[nH]c4ccccc24)C3=O)cn1. The quantitative estimate of drug-likeness (QED) is 0.585. The van der Waals surface area contributed by atoms with Gasteiger partial charge in [0.1, 0.15) is 11.4 Å². The number of pyridine rings is 1. The third-order valence-electron chi connectivity index (χ3n) is 5.57. The van der Waals surface area contributed by atoms with E-state index in [9.17, 15) is 9.59 Å². The largest absolute Gasteiger partial charge is 0.361 e. The molecule has 0 saturated heterocycles. The van der Waals surface area contributed by atoms with E-state index in [-0.39, 0.29) is 11.5 Å². The van der Waals surface area contributed by atoms with Gasteiger partial charge < -0.3 is 19.0 Å². The topological polar surface area (TPSA) is 75.9 Å². The van der Waals surface area contributed by atoms with Crippen molar-refractivity contribution in [2.45, 2.75) is 19.9 Å². The molecule has 0 aliphatic carbocycles. The second kappa shape index (κ2) is 6.77. The van der Waals surface area contributed by atoms with E-state index in [1.165, 1.54) is 10.9 Å². The first-order chi connectivity index (χ1) is 14.1. The summed E-state index contributed by atoms with van der Waals surface area (Å²) in [6.45, 7) is 3.52. The van der Waals surface area contributed by atoms with Crippen LogP contribution < -0.4 is 5.56 Å². The molecule has 0 bridgehead atoms. The Hall–Kier alpha value is -3.61. The van der Waals surface area contributed by atoms with Gasteiger partial charge in [-0.25, -0.2) is 4.98 Å². The van der Waals surface area contributed by atoms with Crippen molar-refractivity contribution in [1.29, 1.82) is 0 Å². The Morgan fingerprint density at radius 1 is 1.10 bits per heavy atom. The number of aromatic nitrogens is 4. The predicted molar refractivity (Wildman–Crippen MR) is 110 cm³/mol. The van der Waals surface area contributed by atoms with Gasteiger partial charge in [-0.15, -0.1) is 0 Å². The maximum absolute atomic E-state index is 13.0. The average molecular weight is 387 g/mol. The number of carbonyl (C=O) groups is 1. The van der Waals surface area contributed by atoms with Gasteiger partial charge in [0.2, 0.25) is 0 Å². The first-order valence-corrected chi connectivity index (χ1v) is 9.71. The van der Waals surface area contributed by atoms with Crippen LogP contribution in [0.15, 0.2) is 59.9 Å². The monoisotopic (exact) mass is 387 g/mol. The number of benzene rings is 1. The normalized spacial score (nSPS) is 13.8. The summed E-state index contributed by atoms with van der Waals surface area (Å²) in [7, 11) is 0. The highest BCUT2D eigenvalue weighted by Gasteiger charge is 2.26. The van der Waals surface area contributed by atoms with E-state index in [1.807, 2.05) is 42.4 Å². The van der Waals surface area contributed by atoms with Gasteiger partial charge >= 0.3 is 0 Å². The van der Waals surface area contributed by atoms with E-state index in [0.29, 0.717) is 31.0 Å². The maximum Gasteiger partial charge on any atom is 0.275 e. The molecule has 4 heterocycles. The van der Waals surface area contributed by atoms with Crippen LogP contribution in [0.2, 0.25) is 0 Å². The standard InChI is InChI=1S/C22H21N5O2/c1-15-13-26(14-24-15)19-6-7-20-21(28)25(10-11-27(20)22(19)29)9-8-16-12-23-18-5-3-2-4-17(16)18/h2-7,12-14,23H,8-11H2,1H3. The molecule has 1 amide bonds. The van der Waals surface area contributed by atoms with E-state index >= 15 is 0 Å². The van der Waals surface area contributed by atoms with Crippen LogP contribution in [-0.2, 0) is 13.0 Å². The number of hydrogen-bond donors (Lipinski definition) is 1. The van der Waals surface area contributed by atoms with Crippen molar-refractivity contribution in [3.8, 4) is 5.69 Å². The summed E-state index contributed by atoms with van der Waals surface area (Å²) in [5.74, 6) is -0.0958. The van der Waals surface area contributed by atoms with E-state index < -0.39 is 0 Å². The van der Waals surface area contributed by atoms with Crippen LogP contribution in [0.5, 0.6) is 0 Å². The fourth-order valence-electron chi connectivity index (χ4n) is 4.02. The number of rotatable bonds is 4. The van der Waals surface area contributed by atoms with Crippen molar-refractivity contribution >= 4 is 16.8 Å². The van der Waals surface area contributed by atoms with Gasteiger partial charge in [-0.2, -0.15) is 0 Å². The first kappa shape index (κ1) is 17.5. The molecule has 0 atom stereocenters. The number of imidazole rings is 1. The predicted octanol–water partition coefficient (Wildman–Crippen LogP) is 2.52. The molecule has 0 saturated carbocycles. The zero-order valence-electron chi connectivity index (χ0n) is 16.1. The Labute approximate surface area is 167 Å². The van der Waals surface area contributed by atoms with Crippen molar-refractivity contribution in [3.63, 3.8) is 0 Å². The lowest BCUT2D eigenvalue weighted by Gasteiger charge is -2.29. The van der Waals surface area contributed by atoms with Crippen molar-refractivity contribution < 1.29 is 4.79 Å². The highest BCUT2D eigenvalue weighted by atomic mass is 16.2. The van der Waals surface area contributed by atoms with E-state index in [4.69, 9.17) is 0 Å². The number of nitrogens with one attached hydrogen (secondary N) is 1. The van der Waals surface area contributed by atoms with Gasteiger partial charge in [-0.1, -0.05) is 18.2 Å². The number of nitrogens with zero attached hydrogens (tertiary/aromatic N) is 4. The molecule has 29 heavy (non-hydrogen) atoms. The minimum Gasteiger partial charge on any atom is -0.361 e. The Balaban J connectivity index is 1.38. The summed E-state index contributed by atoms with van der Waals surface area (Å²) in [5.41, 5.74) is 3.93. The van der Waals surface area contributed by atoms with Crippen LogP contribution in [0.1, 0.15) is 21.7 Å². The van der Waals surface area contributed by atoms with Crippen LogP contribution >= 0.6 is 0 Å². The Morgan fingerprint density at radius 2 is 1.97 bits per heavy atom. The number of fused-ring (bicyclic) bond motifs is 2. The Kier molecular flexibility index (Phi) is 4.08. The van der Waals surface area contributed by atoms with Crippen molar-refractivity contribution in [2.24, 2.45) is 0 Å². The smallest absolute Gasteiger partial charge is 0.275 e. The summed E-state index contributed by atoms with van der Waals surface area (Å²) in [6, 6.07) is 11.6. The number of carbonyl (C=O) groups excluding carboxylic acids is 1. The highest BCUT2D eigenvalue weighted by Crippen LogP contribution is 2.19. The van der Waals surface area contributed by atoms with E-state index in [2.05, 4.69) is 16.0 Å². The molecular weight excluding hydrogens is 366 g/mol. The fourth-order valence-corrected chi connectivity index (χ4v) is 4.02. The van der Waals surface area contributed by atoms with Gasteiger partial charge in [-0.3, -0.25) is 9.59 Å². The number of hydrogen-bond acceptors (Lipinski definition) is 3. The van der Waals surface area contributed by atoms with E-state index in [0.717, 1.165) is 17.6 Å². The van der Waals surface area contributed by atoms with Crippen molar-refractivity contribution in [1.82, 2.24) is 24.0 Å². The van der Waals surface area contributed by atoms with Gasteiger partial charge in [0, 0.05) is 42.9 Å². The molecule has 1 aromatic carbocycles. The van der Waals surface area contributed by atoms with E-state index in [1.54, 1.807) is 27.6 Å². The molecule has 4 aromatic rings. The van der Waals surface area contributed by atoms with Crippen molar-refractivity contribution in [2.75, 3.05) is 13.1 Å². The number of para-hydroxylation sites is 1. The maximum atomic E-state index is 13.0. The summed E-state index contributed by atoms with van der Waals surface area (Å²) >= 11 is 0. The molecule has 7 heteroatoms. The summed E-state index contributed by atoms with van der Waals surface area (Å²) in [6.07, 6.45) is 6.21. The van der Waals surface area contributed by atoms with Gasteiger partial charge in [0.25, 0.3) is 11.5 Å². The molecule has 0 spiro atoms. The summed E-state index contributed by atoms with van der Waals surface area (Å²) in [4.78, 5) is 35.2. The highest BCUT2D eigenvalue weighted by molar-refractivity contribution is 5.93. The van der Waals surface area contributed by atoms with Crippen molar-refractivity contribution in [3.05, 3.63) is 82.4 Å². The Morgan fingerprint density at radius 3 is 2.79 bits per heavy atom. The van der Waals surface area contributed by atoms with Crippen LogP contribution in [0.25, 0.3) is 16.6 Å². The lowest BCUT2D eigenvalue weighted by molar-refractivity contribution is 0.0703. The average Bonchev–Trinajstić information content (AvgIpc) is 3.34. The van der Waals surface area contributed by atoms with Gasteiger partial charge in [-0.05, 0) is 37.1 Å². The molecule has 1 N–H and O–H groups in total. The molecule has 1 aliphatic heterocycles. The van der Waals surface area contributed by atoms with Gasteiger partial charge in [0.05, 0.1) is 12.0 Å². The molecule has 1 aliphatic rings. The van der Waals surface area contributed by atoms with Crippen LogP contribution in [0.4, 0.5) is 0 Å². The summed E-state index contributed by atoms with van der Waals surface area (Å²) in [5, 5.41) is 1.19. The first-order valence-electron chi connectivity index (χ1n) is 9.71. The zero-order chi connectivity index (χ0) is 20.0. The minimum atomic E-state index is -0.162.